The minimum atomic E-state index is 0.204. The van der Waals surface area contributed by atoms with Crippen molar-refractivity contribution in [3.8, 4) is 0 Å². The first-order valence-electron chi connectivity index (χ1n) is 2.88. The number of hydrogen-bond acceptors (Lipinski definition) is 3. The van der Waals surface area contributed by atoms with Gasteiger partial charge in [-0.3, -0.25) is 4.79 Å². The van der Waals surface area contributed by atoms with Crippen molar-refractivity contribution < 1.29 is 4.79 Å². The topological polar surface area (TPSA) is 61.0 Å². The normalized spacial score (nSPS) is 41.5. The van der Waals surface area contributed by atoms with Crippen molar-refractivity contribution in [1.29, 1.82) is 0 Å². The van der Waals surface area contributed by atoms with Crippen LogP contribution in [0.1, 0.15) is 0 Å². The first-order valence-corrected chi connectivity index (χ1v) is 2.88. The van der Waals surface area contributed by atoms with Gasteiger partial charge in [0, 0.05) is 13.1 Å². The Morgan fingerprint density at radius 2 is 1.62 bits per heavy atom. The number of Topliss-reactive ketones (excluding diaryl/α,β-unsaturated/α-hetero) is 1. The Hall–Kier alpha value is -0.410. The van der Waals surface area contributed by atoms with E-state index in [1.165, 1.54) is 0 Å². The summed E-state index contributed by atoms with van der Waals surface area (Å²) >= 11 is 0. The van der Waals surface area contributed by atoms with E-state index in [-0.39, 0.29) is 12.1 Å². The lowest BCUT2D eigenvalue weighted by Crippen LogP contribution is -2.18. The molecule has 2 atom stereocenters. The zero-order valence-corrected chi connectivity index (χ0v) is 4.48. The summed E-state index contributed by atoms with van der Waals surface area (Å²) in [6.07, 6.45) is 0. The van der Waals surface area contributed by atoms with E-state index in [4.69, 9.17) is 0 Å². The van der Waals surface area contributed by atoms with Gasteiger partial charge >= 0.3 is 0 Å². The highest BCUT2D eigenvalue weighted by molar-refractivity contribution is 5.93. The van der Waals surface area contributed by atoms with Crippen LogP contribution in [0.25, 0.3) is 0 Å². The fourth-order valence-electron chi connectivity index (χ4n) is 0.763. The Morgan fingerprint density at radius 1 is 1.25 bits per heavy atom. The zero-order chi connectivity index (χ0) is 5.56. The van der Waals surface area contributed by atoms with Crippen LogP contribution in [-0.2, 0) is 4.79 Å². The summed E-state index contributed by atoms with van der Waals surface area (Å²) in [5, 5.41) is 5.93. The van der Waals surface area contributed by atoms with Gasteiger partial charge in [-0.1, -0.05) is 0 Å². The van der Waals surface area contributed by atoms with Crippen LogP contribution < -0.4 is 10.6 Å². The first kappa shape index (κ1) is 4.47. The molecule has 2 N–H and O–H groups in total. The van der Waals surface area contributed by atoms with Crippen molar-refractivity contribution in [2.75, 3.05) is 13.1 Å². The van der Waals surface area contributed by atoms with E-state index >= 15 is 0 Å². The first-order chi connectivity index (χ1) is 3.88. The van der Waals surface area contributed by atoms with Gasteiger partial charge in [0.25, 0.3) is 0 Å². The monoisotopic (exact) mass is 112 g/mol. The molecule has 2 saturated heterocycles. The molecular formula is C5H8N2O. The molecule has 0 radical (unpaired) electrons. The Balaban J connectivity index is 1.93. The molecule has 0 spiro atoms. The lowest BCUT2D eigenvalue weighted by Gasteiger charge is -1.85. The molecule has 8 heavy (non-hydrogen) atoms. The molecule has 2 rings (SSSR count). The smallest absolute Gasteiger partial charge is 0.169 e. The lowest BCUT2D eigenvalue weighted by atomic mass is 10.2. The van der Waals surface area contributed by atoms with Gasteiger partial charge in [0.15, 0.2) is 5.78 Å². The molecule has 0 aromatic carbocycles. The largest absolute Gasteiger partial charge is 0.304 e. The van der Waals surface area contributed by atoms with Gasteiger partial charge in [0.05, 0.1) is 12.1 Å². The Morgan fingerprint density at radius 3 is 1.88 bits per heavy atom. The van der Waals surface area contributed by atoms with Gasteiger partial charge in [0.2, 0.25) is 0 Å². The summed E-state index contributed by atoms with van der Waals surface area (Å²) in [5.74, 6) is 0.352. The van der Waals surface area contributed by atoms with E-state index in [1.807, 2.05) is 0 Å². The van der Waals surface area contributed by atoms with Crippen LogP contribution in [0.3, 0.4) is 0 Å². The third kappa shape index (κ3) is 0.638. The molecule has 3 nitrogen and oxygen atoms in total. The third-order valence-corrected chi connectivity index (χ3v) is 1.50. The highest BCUT2D eigenvalue weighted by Crippen LogP contribution is 2.07. The third-order valence-electron chi connectivity index (χ3n) is 1.50. The zero-order valence-electron chi connectivity index (χ0n) is 4.48. The molecule has 0 saturated carbocycles. The number of nitrogens with one attached hydrogen (secondary N) is 2. The molecule has 2 fully saturated rings. The quantitative estimate of drug-likeness (QED) is 0.427. The molecule has 0 aromatic heterocycles. The van der Waals surface area contributed by atoms with Crippen molar-refractivity contribution in [3.05, 3.63) is 0 Å². The van der Waals surface area contributed by atoms with E-state index in [0.29, 0.717) is 5.78 Å². The molecule has 0 bridgehead atoms. The predicted molar refractivity (Wildman–Crippen MR) is 28.6 cm³/mol. The summed E-state index contributed by atoms with van der Waals surface area (Å²) in [6, 6.07) is 0.407. The fourth-order valence-corrected chi connectivity index (χ4v) is 0.763. The summed E-state index contributed by atoms with van der Waals surface area (Å²) in [4.78, 5) is 10.8. The molecule has 2 aliphatic heterocycles. The van der Waals surface area contributed by atoms with Crippen LogP contribution >= 0.6 is 0 Å². The SMILES string of the molecule is O=C(C1CN1)C1CN1. The average molecular weight is 112 g/mol. The van der Waals surface area contributed by atoms with E-state index in [1.54, 1.807) is 0 Å². The summed E-state index contributed by atoms with van der Waals surface area (Å²) in [6.45, 7) is 1.80. The van der Waals surface area contributed by atoms with Crippen LogP contribution in [0.15, 0.2) is 0 Å². The molecule has 2 aliphatic rings. The molecule has 0 aliphatic carbocycles. The van der Waals surface area contributed by atoms with Gasteiger partial charge in [-0.2, -0.15) is 0 Å². The summed E-state index contributed by atoms with van der Waals surface area (Å²) < 4.78 is 0. The number of carbonyl (C=O) groups is 1. The predicted octanol–water partition coefficient (Wildman–Crippen LogP) is -1.50. The summed E-state index contributed by atoms with van der Waals surface area (Å²) in [7, 11) is 0. The molecule has 0 aromatic rings. The minimum absolute atomic E-state index is 0.204. The van der Waals surface area contributed by atoms with Crippen LogP contribution in [0.5, 0.6) is 0 Å². The van der Waals surface area contributed by atoms with Crippen LogP contribution in [0.4, 0.5) is 0 Å². The second-order valence-corrected chi connectivity index (χ2v) is 2.32. The van der Waals surface area contributed by atoms with Crippen molar-refractivity contribution >= 4 is 5.78 Å². The van der Waals surface area contributed by atoms with Crippen molar-refractivity contribution in [2.45, 2.75) is 12.1 Å². The van der Waals surface area contributed by atoms with E-state index in [9.17, 15) is 4.79 Å². The van der Waals surface area contributed by atoms with E-state index in [2.05, 4.69) is 10.6 Å². The maximum absolute atomic E-state index is 10.8. The highest BCUT2D eigenvalue weighted by atomic mass is 16.1. The average Bonchev–Trinajstić information content (AvgIpc) is 2.63. The molecule has 44 valence electrons. The van der Waals surface area contributed by atoms with Gasteiger partial charge in [-0.15, -0.1) is 0 Å². The van der Waals surface area contributed by atoms with Crippen molar-refractivity contribution in [2.24, 2.45) is 0 Å². The molecular weight excluding hydrogens is 104 g/mol. The fraction of sp³-hybridized carbons (Fsp3) is 0.800. The molecule has 3 heteroatoms. The maximum atomic E-state index is 10.8. The van der Waals surface area contributed by atoms with E-state index in [0.717, 1.165) is 13.1 Å². The maximum Gasteiger partial charge on any atom is 0.169 e. The van der Waals surface area contributed by atoms with Crippen LogP contribution in [0, 0.1) is 0 Å². The van der Waals surface area contributed by atoms with Gasteiger partial charge in [-0.05, 0) is 0 Å². The van der Waals surface area contributed by atoms with Crippen LogP contribution in [0.2, 0.25) is 0 Å². The molecule has 2 heterocycles. The Bertz CT molecular complexity index is 112. The molecule has 2 unspecified atom stereocenters. The minimum Gasteiger partial charge on any atom is -0.304 e. The number of carbonyl (C=O) groups excluding carboxylic acids is 1. The second-order valence-electron chi connectivity index (χ2n) is 2.32. The van der Waals surface area contributed by atoms with Gasteiger partial charge < -0.3 is 10.6 Å². The Labute approximate surface area is 47.4 Å². The Kier molecular flexibility index (Phi) is 0.725. The number of hydrogen-bond donors (Lipinski definition) is 2. The second kappa shape index (κ2) is 1.30. The van der Waals surface area contributed by atoms with E-state index < -0.39 is 0 Å². The highest BCUT2D eigenvalue weighted by Gasteiger charge is 2.39. The van der Waals surface area contributed by atoms with Gasteiger partial charge in [-0.25, -0.2) is 0 Å². The van der Waals surface area contributed by atoms with Crippen LogP contribution in [-0.4, -0.2) is 31.0 Å². The van der Waals surface area contributed by atoms with Crippen molar-refractivity contribution in [1.82, 2.24) is 10.6 Å². The van der Waals surface area contributed by atoms with Gasteiger partial charge in [0.1, 0.15) is 0 Å². The molecule has 0 amide bonds. The van der Waals surface area contributed by atoms with Crippen molar-refractivity contribution in [3.63, 3.8) is 0 Å². The summed E-state index contributed by atoms with van der Waals surface area (Å²) in [5.41, 5.74) is 0. The lowest BCUT2D eigenvalue weighted by molar-refractivity contribution is -0.118. The number of rotatable bonds is 2. The standard InChI is InChI=1S/C5H8N2O/c8-5(3-1-6-3)4-2-7-4/h3-4,6-7H,1-2H2. The number of ketones is 1.